The van der Waals surface area contributed by atoms with Crippen molar-refractivity contribution >= 4 is 34.9 Å². The summed E-state index contributed by atoms with van der Waals surface area (Å²) >= 11 is 5.83. The van der Waals surface area contributed by atoms with Gasteiger partial charge in [0.2, 0.25) is 0 Å². The summed E-state index contributed by atoms with van der Waals surface area (Å²) in [7, 11) is 0. The predicted molar refractivity (Wildman–Crippen MR) is 99.8 cm³/mol. The van der Waals surface area contributed by atoms with Crippen LogP contribution in [-0.4, -0.2) is 42.5 Å². The van der Waals surface area contributed by atoms with E-state index in [1.807, 2.05) is 0 Å². The Morgan fingerprint density at radius 2 is 1.89 bits per heavy atom. The number of nitrogens with zero attached hydrogens (tertiary/aromatic N) is 1. The third-order valence-corrected chi connectivity index (χ3v) is 4.12. The number of carbonyl (C=O) groups is 3. The number of esters is 1. The van der Waals surface area contributed by atoms with E-state index in [1.54, 1.807) is 30.3 Å². The smallest absolute Gasteiger partial charge is 0.306 e. The van der Waals surface area contributed by atoms with Gasteiger partial charge in [-0.1, -0.05) is 11.6 Å². The predicted octanol–water partition coefficient (Wildman–Crippen LogP) is 2.65. The quantitative estimate of drug-likeness (QED) is 0.429. The highest BCUT2D eigenvalue weighted by atomic mass is 35.5. The van der Waals surface area contributed by atoms with Crippen LogP contribution >= 0.6 is 11.6 Å². The summed E-state index contributed by atoms with van der Waals surface area (Å²) in [6.07, 6.45) is 1.29. The van der Waals surface area contributed by atoms with Crippen molar-refractivity contribution in [2.24, 2.45) is 0 Å². The van der Waals surface area contributed by atoms with Crippen LogP contribution in [0.25, 0.3) is 0 Å². The molecule has 3 rings (SSSR count). The molecule has 0 saturated heterocycles. The van der Waals surface area contributed by atoms with Crippen molar-refractivity contribution in [3.8, 4) is 11.5 Å². The molecule has 0 aliphatic carbocycles. The van der Waals surface area contributed by atoms with Crippen LogP contribution in [0.15, 0.2) is 36.5 Å². The van der Waals surface area contributed by atoms with Gasteiger partial charge in [-0.3, -0.25) is 14.4 Å². The molecule has 1 aromatic heterocycles. The molecule has 1 aliphatic heterocycles. The Morgan fingerprint density at radius 3 is 2.68 bits per heavy atom. The average molecular weight is 405 g/mol. The summed E-state index contributed by atoms with van der Waals surface area (Å²) in [5.74, 6) is -0.354. The van der Waals surface area contributed by atoms with Gasteiger partial charge in [0.25, 0.3) is 5.91 Å². The monoisotopic (exact) mass is 404 g/mol. The van der Waals surface area contributed by atoms with E-state index in [9.17, 15) is 14.4 Å². The molecule has 0 spiro atoms. The second kappa shape index (κ2) is 9.18. The Hall–Kier alpha value is -3.13. The van der Waals surface area contributed by atoms with E-state index in [-0.39, 0.29) is 23.8 Å². The minimum atomic E-state index is -0.654. The number of ether oxygens (including phenoxy) is 3. The molecule has 1 amide bonds. The van der Waals surface area contributed by atoms with Crippen molar-refractivity contribution < 1.29 is 28.6 Å². The highest BCUT2D eigenvalue weighted by Gasteiger charge is 2.16. The second-order valence-corrected chi connectivity index (χ2v) is 6.19. The number of halogens is 1. The second-order valence-electron chi connectivity index (χ2n) is 5.83. The van der Waals surface area contributed by atoms with Crippen LogP contribution in [0.5, 0.6) is 11.5 Å². The molecule has 0 fully saturated rings. The molecule has 0 atom stereocenters. The Labute approximate surface area is 165 Å². The number of hydrogen-bond acceptors (Lipinski definition) is 7. The lowest BCUT2D eigenvalue weighted by atomic mass is 10.1. The molecule has 8 nitrogen and oxygen atoms in total. The fraction of sp³-hybridized carbons (Fsp3) is 0.263. The zero-order valence-electron chi connectivity index (χ0n) is 14.8. The summed E-state index contributed by atoms with van der Waals surface area (Å²) in [5.41, 5.74) is 0.736. The minimum absolute atomic E-state index is 0.0471. The van der Waals surface area contributed by atoms with Crippen molar-refractivity contribution in [3.63, 3.8) is 0 Å². The number of hydrogen-bond donors (Lipinski definition) is 1. The number of pyridine rings is 1. The largest absolute Gasteiger partial charge is 0.486 e. The molecule has 2 aromatic rings. The molecule has 0 bridgehead atoms. The number of anilines is 1. The average Bonchev–Trinajstić information content (AvgIpc) is 2.71. The highest BCUT2D eigenvalue weighted by Crippen LogP contribution is 2.31. The van der Waals surface area contributed by atoms with Gasteiger partial charge in [-0.05, 0) is 30.3 Å². The van der Waals surface area contributed by atoms with Crippen molar-refractivity contribution in [1.82, 2.24) is 4.98 Å². The number of aromatic nitrogens is 1. The molecule has 2 heterocycles. The van der Waals surface area contributed by atoms with Crippen LogP contribution in [-0.2, 0) is 14.3 Å². The summed E-state index contributed by atoms with van der Waals surface area (Å²) in [6.45, 7) is 0.401. The van der Waals surface area contributed by atoms with Crippen LogP contribution in [0, 0.1) is 0 Å². The van der Waals surface area contributed by atoms with E-state index in [1.165, 1.54) is 6.20 Å². The molecule has 0 saturated carbocycles. The van der Waals surface area contributed by atoms with Crippen LogP contribution in [0.1, 0.15) is 23.2 Å². The zero-order valence-corrected chi connectivity index (χ0v) is 15.5. The van der Waals surface area contributed by atoms with E-state index < -0.39 is 18.5 Å². The topological polar surface area (TPSA) is 104 Å². The normalized spacial score (nSPS) is 12.2. The molecule has 28 heavy (non-hydrogen) atoms. The van der Waals surface area contributed by atoms with Crippen LogP contribution in [0.4, 0.5) is 5.69 Å². The first kappa shape index (κ1) is 19.6. The van der Waals surface area contributed by atoms with E-state index in [0.717, 1.165) is 0 Å². The van der Waals surface area contributed by atoms with Crippen LogP contribution < -0.4 is 14.8 Å². The maximum Gasteiger partial charge on any atom is 0.306 e. The van der Waals surface area contributed by atoms with Crippen molar-refractivity contribution in [1.29, 1.82) is 0 Å². The maximum absolute atomic E-state index is 12.2. The number of rotatable bonds is 7. The van der Waals surface area contributed by atoms with E-state index in [4.69, 9.17) is 25.8 Å². The lowest BCUT2D eigenvalue weighted by Gasteiger charge is -2.18. The Morgan fingerprint density at radius 1 is 1.11 bits per heavy atom. The molecular formula is C19H17ClN2O6. The summed E-state index contributed by atoms with van der Waals surface area (Å²) in [6, 6.07) is 8.05. The number of amides is 1. The van der Waals surface area contributed by atoms with Crippen molar-refractivity contribution in [3.05, 3.63) is 47.2 Å². The lowest BCUT2D eigenvalue weighted by molar-refractivity contribution is -0.147. The number of benzene rings is 1. The lowest BCUT2D eigenvalue weighted by Crippen LogP contribution is -2.21. The van der Waals surface area contributed by atoms with Gasteiger partial charge >= 0.3 is 5.97 Å². The SMILES string of the molecule is O=C(COC(=O)CCC(=O)c1ccc2c(c1)OCCO2)Nc1cccnc1Cl. The van der Waals surface area contributed by atoms with E-state index in [2.05, 4.69) is 10.3 Å². The molecule has 1 N–H and O–H groups in total. The van der Waals surface area contributed by atoms with Gasteiger partial charge in [0.05, 0.1) is 12.1 Å². The van der Waals surface area contributed by atoms with Crippen molar-refractivity contribution in [2.45, 2.75) is 12.8 Å². The minimum Gasteiger partial charge on any atom is -0.486 e. The number of carbonyl (C=O) groups excluding carboxylic acids is 3. The number of fused-ring (bicyclic) bond motifs is 1. The summed E-state index contributed by atoms with van der Waals surface area (Å²) < 4.78 is 15.7. The molecule has 1 aromatic carbocycles. The summed E-state index contributed by atoms with van der Waals surface area (Å²) in [4.78, 5) is 39.7. The Balaban J connectivity index is 1.43. The molecule has 9 heteroatoms. The molecule has 0 radical (unpaired) electrons. The maximum atomic E-state index is 12.2. The van der Waals surface area contributed by atoms with Gasteiger partial charge in [-0.25, -0.2) is 4.98 Å². The van der Waals surface area contributed by atoms with Gasteiger partial charge in [-0.15, -0.1) is 0 Å². The van der Waals surface area contributed by atoms with Gasteiger partial charge in [0.1, 0.15) is 13.2 Å². The third-order valence-electron chi connectivity index (χ3n) is 3.82. The third kappa shape index (κ3) is 5.20. The van der Waals surface area contributed by atoms with E-state index in [0.29, 0.717) is 36.0 Å². The Kier molecular flexibility index (Phi) is 6.44. The van der Waals surface area contributed by atoms with Crippen LogP contribution in [0.2, 0.25) is 5.15 Å². The fourth-order valence-electron chi connectivity index (χ4n) is 2.46. The zero-order chi connectivity index (χ0) is 19.9. The fourth-order valence-corrected chi connectivity index (χ4v) is 2.63. The molecule has 146 valence electrons. The van der Waals surface area contributed by atoms with Gasteiger partial charge in [-0.2, -0.15) is 0 Å². The molecular weight excluding hydrogens is 388 g/mol. The van der Waals surface area contributed by atoms with Gasteiger partial charge < -0.3 is 19.5 Å². The molecule has 0 unspecified atom stereocenters. The highest BCUT2D eigenvalue weighted by molar-refractivity contribution is 6.32. The summed E-state index contributed by atoms with van der Waals surface area (Å²) in [5, 5.41) is 2.61. The van der Waals surface area contributed by atoms with Crippen LogP contribution in [0.3, 0.4) is 0 Å². The Bertz CT molecular complexity index is 902. The number of nitrogens with one attached hydrogen (secondary N) is 1. The first-order valence-electron chi connectivity index (χ1n) is 8.52. The van der Waals surface area contributed by atoms with E-state index >= 15 is 0 Å². The van der Waals surface area contributed by atoms with Gasteiger partial charge in [0, 0.05) is 18.2 Å². The van der Waals surface area contributed by atoms with Gasteiger partial charge in [0.15, 0.2) is 29.0 Å². The van der Waals surface area contributed by atoms with Crippen molar-refractivity contribution in [2.75, 3.05) is 25.1 Å². The number of ketones is 1. The first-order valence-corrected chi connectivity index (χ1v) is 8.89. The first-order chi connectivity index (χ1) is 13.5. The standard InChI is InChI=1S/C19H17ClN2O6/c20-19-13(2-1-7-21-19)22-17(24)11-28-18(25)6-4-14(23)12-3-5-15-16(10-12)27-9-8-26-15/h1-3,5,7,10H,4,6,8-9,11H2,(H,22,24). The number of Topliss-reactive ketones (excluding diaryl/α,β-unsaturated/α-hetero) is 1. The molecule has 1 aliphatic rings.